The normalized spacial score (nSPS) is 12.5. The molecule has 1 amide bonds. The number of hydrogen-bond donors (Lipinski definition) is 2. The first kappa shape index (κ1) is 10.1. The molecular formula is C7H11N3O2S. The zero-order valence-corrected chi connectivity index (χ0v) is 8.00. The number of hydrazine groups is 1. The van der Waals surface area contributed by atoms with Crippen LogP contribution in [0.1, 0.15) is 13.3 Å². The van der Waals surface area contributed by atoms with Crippen LogP contribution in [-0.4, -0.2) is 16.1 Å². The minimum absolute atomic E-state index is 0.217. The fourth-order valence-corrected chi connectivity index (χ4v) is 1.62. The van der Waals surface area contributed by atoms with Gasteiger partial charge in [0.15, 0.2) is 0 Å². The van der Waals surface area contributed by atoms with Crippen molar-refractivity contribution in [2.75, 3.05) is 0 Å². The van der Waals surface area contributed by atoms with Crippen LogP contribution in [0.25, 0.3) is 0 Å². The lowest BCUT2D eigenvalue weighted by atomic mass is 10.3. The van der Waals surface area contributed by atoms with Gasteiger partial charge in [-0.1, -0.05) is 18.7 Å². The van der Waals surface area contributed by atoms with E-state index in [0.717, 1.165) is 0 Å². The van der Waals surface area contributed by atoms with Gasteiger partial charge in [-0.15, -0.1) is 0 Å². The lowest BCUT2D eigenvalue weighted by Gasteiger charge is -2.08. The summed E-state index contributed by atoms with van der Waals surface area (Å²) in [5, 5.41) is 0.235. The Bertz CT molecular complexity index is 263. The van der Waals surface area contributed by atoms with Crippen LogP contribution in [0.2, 0.25) is 0 Å². The van der Waals surface area contributed by atoms with Gasteiger partial charge >= 0.3 is 0 Å². The molecule has 0 saturated carbocycles. The van der Waals surface area contributed by atoms with Gasteiger partial charge in [0.1, 0.15) is 6.26 Å². The number of thioether (sulfide) groups is 1. The standard InChI is InChI=1S/C7H11N3O2S/c1-2-5(6(11)10-8)13-7-9-3-4-12-7/h3-5H,2,8H2,1H3,(H,10,11). The van der Waals surface area contributed by atoms with Crippen molar-refractivity contribution in [1.82, 2.24) is 10.4 Å². The predicted octanol–water partition coefficient (Wildman–Crippen LogP) is 0.535. The van der Waals surface area contributed by atoms with Crippen molar-refractivity contribution in [2.24, 2.45) is 5.84 Å². The summed E-state index contributed by atoms with van der Waals surface area (Å²) < 4.78 is 4.99. The Morgan fingerprint density at radius 3 is 3.15 bits per heavy atom. The molecule has 0 aliphatic heterocycles. The van der Waals surface area contributed by atoms with Gasteiger partial charge in [-0.3, -0.25) is 10.2 Å². The fourth-order valence-electron chi connectivity index (χ4n) is 0.805. The Morgan fingerprint density at radius 2 is 2.69 bits per heavy atom. The summed E-state index contributed by atoms with van der Waals surface area (Å²) in [6.07, 6.45) is 3.68. The van der Waals surface area contributed by atoms with E-state index in [1.165, 1.54) is 24.2 Å². The molecule has 0 aliphatic rings. The molecule has 0 spiro atoms. The number of nitrogens with two attached hydrogens (primary N) is 1. The monoisotopic (exact) mass is 201 g/mol. The van der Waals surface area contributed by atoms with Gasteiger partial charge in [-0.2, -0.15) is 0 Å². The van der Waals surface area contributed by atoms with Gasteiger partial charge in [0.25, 0.3) is 5.22 Å². The van der Waals surface area contributed by atoms with E-state index in [2.05, 4.69) is 10.4 Å². The first-order valence-electron chi connectivity index (χ1n) is 3.84. The molecule has 72 valence electrons. The van der Waals surface area contributed by atoms with E-state index in [1.54, 1.807) is 0 Å². The Kier molecular flexibility index (Phi) is 3.78. The zero-order chi connectivity index (χ0) is 9.68. The van der Waals surface area contributed by atoms with Gasteiger partial charge in [-0.05, 0) is 6.42 Å². The van der Waals surface area contributed by atoms with Crippen molar-refractivity contribution in [2.45, 2.75) is 23.8 Å². The van der Waals surface area contributed by atoms with Gasteiger partial charge < -0.3 is 4.42 Å². The second-order valence-corrected chi connectivity index (χ2v) is 3.48. The Morgan fingerprint density at radius 1 is 1.92 bits per heavy atom. The molecule has 1 rings (SSSR count). The topological polar surface area (TPSA) is 81.2 Å². The number of hydrogen-bond acceptors (Lipinski definition) is 5. The Hall–Kier alpha value is -1.01. The summed E-state index contributed by atoms with van der Waals surface area (Å²) in [7, 11) is 0. The van der Waals surface area contributed by atoms with Gasteiger partial charge in [-0.25, -0.2) is 10.8 Å². The molecule has 0 aliphatic carbocycles. The van der Waals surface area contributed by atoms with Crippen LogP contribution in [0.3, 0.4) is 0 Å². The van der Waals surface area contributed by atoms with Crippen molar-refractivity contribution in [3.63, 3.8) is 0 Å². The third-order valence-electron chi connectivity index (χ3n) is 1.46. The molecule has 0 saturated heterocycles. The van der Waals surface area contributed by atoms with E-state index in [1.807, 2.05) is 6.92 Å². The molecule has 1 aromatic heterocycles. The highest BCUT2D eigenvalue weighted by Crippen LogP contribution is 2.23. The highest BCUT2D eigenvalue weighted by Gasteiger charge is 2.18. The number of carbonyl (C=O) groups is 1. The molecule has 0 fully saturated rings. The maximum Gasteiger partial charge on any atom is 0.256 e. The second-order valence-electron chi connectivity index (χ2n) is 2.32. The molecule has 0 bridgehead atoms. The Labute approximate surface area is 80.0 Å². The largest absolute Gasteiger partial charge is 0.440 e. The lowest BCUT2D eigenvalue weighted by Crippen LogP contribution is -2.37. The fraction of sp³-hybridized carbons (Fsp3) is 0.429. The third kappa shape index (κ3) is 2.74. The van der Waals surface area contributed by atoms with Crippen LogP contribution < -0.4 is 11.3 Å². The summed E-state index contributed by atoms with van der Waals surface area (Å²) in [6.45, 7) is 1.90. The quantitative estimate of drug-likeness (QED) is 0.321. The summed E-state index contributed by atoms with van der Waals surface area (Å²) in [6, 6.07) is 0. The molecule has 1 aromatic rings. The summed E-state index contributed by atoms with van der Waals surface area (Å²) >= 11 is 1.26. The average Bonchev–Trinajstić information content (AvgIpc) is 2.65. The van der Waals surface area contributed by atoms with E-state index >= 15 is 0 Å². The van der Waals surface area contributed by atoms with Crippen LogP contribution in [0.4, 0.5) is 0 Å². The SMILES string of the molecule is CCC(Sc1ncco1)C(=O)NN. The summed E-state index contributed by atoms with van der Waals surface area (Å²) in [5.41, 5.74) is 2.10. The van der Waals surface area contributed by atoms with E-state index in [4.69, 9.17) is 10.3 Å². The number of oxazole rings is 1. The molecule has 5 nitrogen and oxygen atoms in total. The maximum absolute atomic E-state index is 11.1. The summed E-state index contributed by atoms with van der Waals surface area (Å²) in [4.78, 5) is 15.0. The maximum atomic E-state index is 11.1. The molecule has 1 heterocycles. The second kappa shape index (κ2) is 4.88. The van der Waals surface area contributed by atoms with Gasteiger partial charge in [0.2, 0.25) is 5.91 Å². The molecule has 13 heavy (non-hydrogen) atoms. The third-order valence-corrected chi connectivity index (χ3v) is 2.69. The van der Waals surface area contributed by atoms with Crippen molar-refractivity contribution >= 4 is 17.7 Å². The highest BCUT2D eigenvalue weighted by atomic mass is 32.2. The van der Waals surface area contributed by atoms with Crippen LogP contribution in [-0.2, 0) is 4.79 Å². The molecular weight excluding hydrogens is 190 g/mol. The molecule has 6 heteroatoms. The smallest absolute Gasteiger partial charge is 0.256 e. The van der Waals surface area contributed by atoms with Crippen molar-refractivity contribution < 1.29 is 9.21 Å². The number of nitrogens with zero attached hydrogens (tertiary/aromatic N) is 1. The highest BCUT2D eigenvalue weighted by molar-refractivity contribution is 8.00. The average molecular weight is 201 g/mol. The minimum atomic E-state index is -0.247. The molecule has 0 aromatic carbocycles. The zero-order valence-electron chi connectivity index (χ0n) is 7.19. The first-order valence-corrected chi connectivity index (χ1v) is 4.72. The van der Waals surface area contributed by atoms with E-state index in [0.29, 0.717) is 11.6 Å². The van der Waals surface area contributed by atoms with Gasteiger partial charge in [0.05, 0.1) is 11.4 Å². The first-order chi connectivity index (χ1) is 6.27. The van der Waals surface area contributed by atoms with E-state index in [9.17, 15) is 4.79 Å². The van der Waals surface area contributed by atoms with Crippen LogP contribution in [0.15, 0.2) is 22.1 Å². The van der Waals surface area contributed by atoms with Crippen LogP contribution >= 0.6 is 11.8 Å². The number of carbonyl (C=O) groups excluding carboxylic acids is 1. The number of nitrogens with one attached hydrogen (secondary N) is 1. The molecule has 1 atom stereocenters. The van der Waals surface area contributed by atoms with Crippen molar-refractivity contribution in [3.05, 3.63) is 12.5 Å². The van der Waals surface area contributed by atoms with E-state index < -0.39 is 0 Å². The Balaban J connectivity index is 2.54. The van der Waals surface area contributed by atoms with Crippen molar-refractivity contribution in [1.29, 1.82) is 0 Å². The summed E-state index contributed by atoms with van der Waals surface area (Å²) in [5.74, 6) is 4.80. The molecule has 0 radical (unpaired) electrons. The number of rotatable bonds is 4. The number of amides is 1. The molecule has 3 N–H and O–H groups in total. The van der Waals surface area contributed by atoms with E-state index in [-0.39, 0.29) is 11.2 Å². The number of aromatic nitrogens is 1. The van der Waals surface area contributed by atoms with Gasteiger partial charge in [0, 0.05) is 0 Å². The van der Waals surface area contributed by atoms with Crippen molar-refractivity contribution in [3.8, 4) is 0 Å². The minimum Gasteiger partial charge on any atom is -0.440 e. The van der Waals surface area contributed by atoms with Crippen LogP contribution in [0, 0.1) is 0 Å². The lowest BCUT2D eigenvalue weighted by molar-refractivity contribution is -0.120. The molecule has 1 unspecified atom stereocenters. The predicted molar refractivity (Wildman–Crippen MR) is 48.8 cm³/mol. The van der Waals surface area contributed by atoms with Crippen LogP contribution in [0.5, 0.6) is 0 Å².